The molecule has 0 amide bonds. The Morgan fingerprint density at radius 2 is 1.86 bits per heavy atom. The molecule has 0 bridgehead atoms. The van der Waals surface area contributed by atoms with Crippen molar-refractivity contribution in [3.05, 3.63) is 69.5 Å². The number of carbonyl (C=O) groups excluding carboxylic acids is 1. The fourth-order valence-corrected chi connectivity index (χ4v) is 3.48. The van der Waals surface area contributed by atoms with Crippen molar-refractivity contribution in [2.24, 2.45) is 0 Å². The maximum atomic E-state index is 13.4. The minimum atomic E-state index is -0.453. The average molecular weight is 393 g/mol. The molecule has 1 saturated heterocycles. The molecule has 0 saturated carbocycles. The molecule has 7 nitrogen and oxygen atoms in total. The largest absolute Gasteiger partial charge is 0.465 e. The van der Waals surface area contributed by atoms with Crippen LogP contribution in [0, 0.1) is 6.92 Å². The second kappa shape index (κ2) is 8.05. The molecule has 7 heteroatoms. The van der Waals surface area contributed by atoms with Gasteiger partial charge in [0.05, 0.1) is 43.3 Å². The van der Waals surface area contributed by atoms with Gasteiger partial charge in [-0.25, -0.2) is 9.78 Å². The quantitative estimate of drug-likeness (QED) is 0.634. The van der Waals surface area contributed by atoms with E-state index in [9.17, 15) is 9.59 Å². The van der Waals surface area contributed by atoms with E-state index in [1.165, 1.54) is 12.7 Å². The summed E-state index contributed by atoms with van der Waals surface area (Å²) >= 11 is 0. The van der Waals surface area contributed by atoms with Gasteiger partial charge in [0.2, 0.25) is 5.95 Å². The first kappa shape index (κ1) is 19.1. The zero-order chi connectivity index (χ0) is 20.4. The number of ether oxygens (including phenoxy) is 2. The molecule has 0 radical (unpaired) electrons. The minimum Gasteiger partial charge on any atom is -0.465 e. The van der Waals surface area contributed by atoms with Crippen LogP contribution in [0.5, 0.6) is 0 Å². The topological polar surface area (TPSA) is 73.7 Å². The van der Waals surface area contributed by atoms with Gasteiger partial charge in [-0.15, -0.1) is 0 Å². The summed E-state index contributed by atoms with van der Waals surface area (Å²) in [5.41, 5.74) is 2.92. The molecule has 0 aliphatic carbocycles. The van der Waals surface area contributed by atoms with Gasteiger partial charge in [0.25, 0.3) is 5.56 Å². The lowest BCUT2D eigenvalue weighted by Gasteiger charge is -2.30. The van der Waals surface area contributed by atoms with E-state index in [2.05, 4.69) is 4.90 Å². The third-order valence-electron chi connectivity index (χ3n) is 5.11. The number of benzene rings is 2. The number of esters is 1. The van der Waals surface area contributed by atoms with Crippen LogP contribution < -0.4 is 10.5 Å². The van der Waals surface area contributed by atoms with E-state index in [1.54, 1.807) is 22.8 Å². The van der Waals surface area contributed by atoms with Crippen LogP contribution in [0.1, 0.15) is 21.5 Å². The number of fused-ring (bicyclic) bond motifs is 1. The van der Waals surface area contributed by atoms with Crippen LogP contribution in [-0.2, 0) is 16.0 Å². The van der Waals surface area contributed by atoms with Crippen molar-refractivity contribution in [1.82, 2.24) is 9.55 Å². The molecule has 3 aromatic rings. The highest BCUT2D eigenvalue weighted by Gasteiger charge is 2.20. The number of hydrogen-bond donors (Lipinski definition) is 0. The van der Waals surface area contributed by atoms with Crippen LogP contribution in [0.4, 0.5) is 5.95 Å². The van der Waals surface area contributed by atoms with Gasteiger partial charge in [-0.3, -0.25) is 9.36 Å². The number of carbonyl (C=O) groups is 1. The molecule has 0 unspecified atom stereocenters. The number of hydrogen-bond acceptors (Lipinski definition) is 6. The molecule has 2 heterocycles. The average Bonchev–Trinajstić information content (AvgIpc) is 2.76. The van der Waals surface area contributed by atoms with E-state index in [4.69, 9.17) is 14.5 Å². The Balaban J connectivity index is 1.86. The first-order valence-corrected chi connectivity index (χ1v) is 9.58. The van der Waals surface area contributed by atoms with E-state index in [0.717, 1.165) is 5.56 Å². The minimum absolute atomic E-state index is 0.131. The third kappa shape index (κ3) is 3.86. The van der Waals surface area contributed by atoms with E-state index < -0.39 is 5.97 Å². The second-order valence-corrected chi connectivity index (χ2v) is 7.11. The van der Waals surface area contributed by atoms with E-state index in [-0.39, 0.29) is 5.56 Å². The SMILES string of the molecule is COC(=O)c1ccc2c(=O)n(Cc3ccc(C)cc3)c(N3CCOCC3)nc2c1. The molecule has 150 valence electrons. The smallest absolute Gasteiger partial charge is 0.337 e. The Kier molecular flexibility index (Phi) is 5.31. The number of methoxy groups -OCH3 is 1. The van der Waals surface area contributed by atoms with Gasteiger partial charge in [0.15, 0.2) is 0 Å². The van der Waals surface area contributed by atoms with Gasteiger partial charge in [-0.2, -0.15) is 0 Å². The van der Waals surface area contributed by atoms with Crippen molar-refractivity contribution in [3.8, 4) is 0 Å². The number of nitrogens with zero attached hydrogens (tertiary/aromatic N) is 3. The number of rotatable bonds is 4. The molecule has 1 fully saturated rings. The van der Waals surface area contributed by atoms with Crippen LogP contribution in [0.3, 0.4) is 0 Å². The standard InChI is InChI=1S/C22H23N3O4/c1-15-3-5-16(6-4-15)14-25-20(26)18-8-7-17(21(27)28-2)13-19(18)23-22(25)24-9-11-29-12-10-24/h3-8,13H,9-12,14H2,1-2H3. The lowest BCUT2D eigenvalue weighted by atomic mass is 10.1. The summed E-state index contributed by atoms with van der Waals surface area (Å²) in [6.45, 7) is 4.94. The number of aryl methyl sites for hydroxylation is 1. The van der Waals surface area contributed by atoms with Crippen molar-refractivity contribution in [3.63, 3.8) is 0 Å². The van der Waals surface area contributed by atoms with Crippen LogP contribution in [0.2, 0.25) is 0 Å². The van der Waals surface area contributed by atoms with Gasteiger partial charge in [0, 0.05) is 13.1 Å². The first-order valence-electron chi connectivity index (χ1n) is 9.58. The van der Waals surface area contributed by atoms with E-state index in [0.29, 0.717) is 55.3 Å². The van der Waals surface area contributed by atoms with Gasteiger partial charge in [-0.1, -0.05) is 29.8 Å². The lowest BCUT2D eigenvalue weighted by molar-refractivity contribution is 0.0601. The number of anilines is 1. The molecular formula is C22H23N3O4. The summed E-state index contributed by atoms with van der Waals surface area (Å²) in [4.78, 5) is 32.1. The van der Waals surface area contributed by atoms with Gasteiger partial charge < -0.3 is 14.4 Å². The Hall–Kier alpha value is -3.19. The highest BCUT2D eigenvalue weighted by atomic mass is 16.5. The maximum Gasteiger partial charge on any atom is 0.337 e. The zero-order valence-electron chi connectivity index (χ0n) is 16.6. The van der Waals surface area contributed by atoms with Crippen LogP contribution in [0.15, 0.2) is 47.3 Å². The predicted octanol–water partition coefficient (Wildman–Crippen LogP) is 2.38. The monoisotopic (exact) mass is 393 g/mol. The first-order chi connectivity index (χ1) is 14.1. The molecule has 0 spiro atoms. The highest BCUT2D eigenvalue weighted by Crippen LogP contribution is 2.19. The Morgan fingerprint density at radius 1 is 1.14 bits per heavy atom. The van der Waals surface area contributed by atoms with Gasteiger partial charge >= 0.3 is 5.97 Å². The third-order valence-corrected chi connectivity index (χ3v) is 5.11. The van der Waals surface area contributed by atoms with E-state index >= 15 is 0 Å². The highest BCUT2D eigenvalue weighted by molar-refractivity contribution is 5.94. The summed E-state index contributed by atoms with van der Waals surface area (Å²) in [7, 11) is 1.33. The summed E-state index contributed by atoms with van der Waals surface area (Å²) in [6.07, 6.45) is 0. The fourth-order valence-electron chi connectivity index (χ4n) is 3.48. The molecular weight excluding hydrogens is 370 g/mol. The number of aromatic nitrogens is 2. The molecule has 29 heavy (non-hydrogen) atoms. The molecule has 0 atom stereocenters. The Bertz CT molecular complexity index is 1100. The molecule has 1 aromatic heterocycles. The fraction of sp³-hybridized carbons (Fsp3) is 0.318. The van der Waals surface area contributed by atoms with Gasteiger partial charge in [-0.05, 0) is 30.7 Å². The number of morpholine rings is 1. The molecule has 4 rings (SSSR count). The van der Waals surface area contributed by atoms with Crippen molar-refractivity contribution < 1.29 is 14.3 Å². The van der Waals surface area contributed by atoms with Gasteiger partial charge in [0.1, 0.15) is 0 Å². The van der Waals surface area contributed by atoms with Crippen LogP contribution in [0.25, 0.3) is 10.9 Å². The van der Waals surface area contributed by atoms with E-state index in [1.807, 2.05) is 31.2 Å². The normalized spacial score (nSPS) is 14.2. The Morgan fingerprint density at radius 3 is 2.55 bits per heavy atom. The molecule has 0 N–H and O–H groups in total. The lowest BCUT2D eigenvalue weighted by Crippen LogP contribution is -2.41. The Labute approximate surface area is 168 Å². The van der Waals surface area contributed by atoms with Crippen LogP contribution in [-0.4, -0.2) is 48.9 Å². The van der Waals surface area contributed by atoms with Crippen molar-refractivity contribution in [1.29, 1.82) is 0 Å². The van der Waals surface area contributed by atoms with Crippen molar-refractivity contribution in [2.45, 2.75) is 13.5 Å². The summed E-state index contributed by atoms with van der Waals surface area (Å²) in [6, 6.07) is 13.0. The summed E-state index contributed by atoms with van der Waals surface area (Å²) < 4.78 is 12.0. The zero-order valence-corrected chi connectivity index (χ0v) is 16.6. The predicted molar refractivity (Wildman–Crippen MR) is 111 cm³/mol. The van der Waals surface area contributed by atoms with Crippen molar-refractivity contribution in [2.75, 3.05) is 38.3 Å². The molecule has 1 aliphatic heterocycles. The molecule has 2 aromatic carbocycles. The summed E-state index contributed by atoms with van der Waals surface area (Å²) in [5, 5.41) is 0.474. The molecule has 1 aliphatic rings. The maximum absolute atomic E-state index is 13.4. The van der Waals surface area contributed by atoms with Crippen molar-refractivity contribution >= 4 is 22.8 Å². The summed E-state index contributed by atoms with van der Waals surface area (Å²) in [5.74, 6) is 0.138. The van der Waals surface area contributed by atoms with Crippen LogP contribution >= 0.6 is 0 Å². The second-order valence-electron chi connectivity index (χ2n) is 7.11.